The van der Waals surface area contributed by atoms with Crippen LogP contribution < -0.4 is 16.0 Å². The summed E-state index contributed by atoms with van der Waals surface area (Å²) in [4.78, 5) is 29.3. The lowest BCUT2D eigenvalue weighted by Crippen LogP contribution is -2.46. The number of benzene rings is 2. The number of amides is 1. The highest BCUT2D eigenvalue weighted by atomic mass is 16.4. The largest absolute Gasteiger partial charge is 0.419 e. The Balaban J connectivity index is 1.37. The smallest absolute Gasteiger partial charge is 0.408 e. The van der Waals surface area contributed by atoms with E-state index in [9.17, 15) is 9.59 Å². The summed E-state index contributed by atoms with van der Waals surface area (Å²) in [7, 11) is 0. The summed E-state index contributed by atoms with van der Waals surface area (Å²) in [5, 5.41) is 2.95. The Morgan fingerprint density at radius 2 is 1.87 bits per heavy atom. The molecule has 1 saturated heterocycles. The summed E-state index contributed by atoms with van der Waals surface area (Å²) >= 11 is 0. The fourth-order valence-electron chi connectivity index (χ4n) is 4.06. The van der Waals surface area contributed by atoms with Crippen molar-refractivity contribution in [3.05, 3.63) is 58.6 Å². The molecule has 0 aliphatic carbocycles. The molecule has 1 N–H and O–H groups in total. The molecule has 0 bridgehead atoms. The summed E-state index contributed by atoms with van der Waals surface area (Å²) in [5.41, 5.74) is 4.39. The number of hydrogen-bond donors (Lipinski definition) is 1. The van der Waals surface area contributed by atoms with E-state index in [4.69, 9.17) is 4.42 Å². The number of hydrogen-bond acceptors (Lipinski definition) is 5. The van der Waals surface area contributed by atoms with E-state index in [1.54, 1.807) is 6.07 Å². The first-order valence-electron chi connectivity index (χ1n) is 10.5. The number of anilines is 2. The van der Waals surface area contributed by atoms with Crippen molar-refractivity contribution in [3.63, 3.8) is 0 Å². The molecule has 7 nitrogen and oxygen atoms in total. The molecular formula is C23H28N4O3. The van der Waals surface area contributed by atoms with E-state index in [-0.39, 0.29) is 18.9 Å². The van der Waals surface area contributed by atoms with Crippen LogP contribution in [0.15, 0.2) is 51.7 Å². The van der Waals surface area contributed by atoms with Crippen LogP contribution in [0.4, 0.5) is 11.4 Å². The van der Waals surface area contributed by atoms with E-state index in [2.05, 4.69) is 35.0 Å². The minimum absolute atomic E-state index is 0.129. The van der Waals surface area contributed by atoms with Gasteiger partial charge in [-0.15, -0.1) is 0 Å². The van der Waals surface area contributed by atoms with Crippen molar-refractivity contribution in [3.8, 4) is 0 Å². The van der Waals surface area contributed by atoms with Crippen LogP contribution in [0.3, 0.4) is 0 Å². The summed E-state index contributed by atoms with van der Waals surface area (Å²) in [5.74, 6) is -0.566. The van der Waals surface area contributed by atoms with Crippen LogP contribution in [0.2, 0.25) is 0 Å². The lowest BCUT2D eigenvalue weighted by atomic mass is 10.1. The number of carbonyl (C=O) groups is 1. The van der Waals surface area contributed by atoms with Gasteiger partial charge in [-0.1, -0.05) is 19.1 Å². The first kappa shape index (κ1) is 20.2. The predicted octanol–water partition coefficient (Wildman–Crippen LogP) is 3.07. The zero-order chi connectivity index (χ0) is 21.1. The highest BCUT2D eigenvalue weighted by Crippen LogP contribution is 2.25. The molecule has 0 saturated carbocycles. The second-order valence-electron chi connectivity index (χ2n) is 7.71. The molecule has 30 heavy (non-hydrogen) atoms. The highest BCUT2D eigenvalue weighted by molar-refractivity contribution is 5.91. The maximum atomic E-state index is 12.4. The van der Waals surface area contributed by atoms with Crippen LogP contribution in [0.5, 0.6) is 0 Å². The molecule has 1 amide bonds. The lowest BCUT2D eigenvalue weighted by molar-refractivity contribution is -0.116. The van der Waals surface area contributed by atoms with Crippen molar-refractivity contribution in [2.75, 3.05) is 42.9 Å². The summed E-state index contributed by atoms with van der Waals surface area (Å²) < 4.78 is 6.72. The molecule has 1 fully saturated rings. The number of fused-ring (bicyclic) bond motifs is 1. The molecule has 0 unspecified atom stereocenters. The average molecular weight is 409 g/mol. The number of likely N-dealkylation sites (N-methyl/N-ethyl adjacent to an activating group) is 1. The van der Waals surface area contributed by atoms with Crippen LogP contribution in [0, 0.1) is 6.92 Å². The third-order valence-corrected chi connectivity index (χ3v) is 5.78. The molecule has 1 aromatic heterocycles. The molecule has 0 spiro atoms. The second kappa shape index (κ2) is 8.75. The third-order valence-electron chi connectivity index (χ3n) is 5.78. The average Bonchev–Trinajstić information content (AvgIpc) is 3.07. The molecule has 1 aliphatic rings. The number of piperazine rings is 1. The van der Waals surface area contributed by atoms with E-state index in [0.717, 1.165) is 44.0 Å². The first-order valence-corrected chi connectivity index (χ1v) is 10.5. The van der Waals surface area contributed by atoms with Crippen LogP contribution in [-0.4, -0.2) is 48.1 Å². The van der Waals surface area contributed by atoms with Crippen LogP contribution in [0.1, 0.15) is 18.9 Å². The van der Waals surface area contributed by atoms with Crippen molar-refractivity contribution in [1.29, 1.82) is 0 Å². The van der Waals surface area contributed by atoms with Crippen molar-refractivity contribution in [1.82, 2.24) is 9.47 Å². The van der Waals surface area contributed by atoms with Crippen molar-refractivity contribution >= 4 is 28.4 Å². The van der Waals surface area contributed by atoms with E-state index in [0.29, 0.717) is 11.1 Å². The minimum atomic E-state index is -0.438. The van der Waals surface area contributed by atoms with Gasteiger partial charge >= 0.3 is 5.76 Å². The Bertz CT molecular complexity index is 1090. The van der Waals surface area contributed by atoms with E-state index in [1.165, 1.54) is 10.3 Å². The van der Waals surface area contributed by atoms with Gasteiger partial charge in [0.25, 0.3) is 0 Å². The fourth-order valence-corrected chi connectivity index (χ4v) is 4.06. The molecule has 3 aromatic rings. The number of oxazole rings is 1. The highest BCUT2D eigenvalue weighted by Gasteiger charge is 2.17. The Morgan fingerprint density at radius 3 is 2.60 bits per heavy atom. The predicted molar refractivity (Wildman–Crippen MR) is 119 cm³/mol. The maximum absolute atomic E-state index is 12.4. The van der Waals surface area contributed by atoms with Gasteiger partial charge < -0.3 is 19.5 Å². The number of nitrogens with one attached hydrogen (secondary N) is 1. The zero-order valence-electron chi connectivity index (χ0n) is 17.6. The molecule has 158 valence electrons. The van der Waals surface area contributed by atoms with Gasteiger partial charge in [-0.2, -0.15) is 0 Å². The molecule has 4 rings (SSSR count). The van der Waals surface area contributed by atoms with Crippen LogP contribution >= 0.6 is 0 Å². The Hall–Kier alpha value is -3.06. The zero-order valence-corrected chi connectivity index (χ0v) is 17.6. The topological polar surface area (TPSA) is 70.7 Å². The SMILES string of the molecule is CCN1CCN(c2ccc(NC(=O)CCn3c(=O)oc4ccccc43)cc2C)CC1. The van der Waals surface area contributed by atoms with Gasteiger partial charge in [-0.05, 0) is 49.4 Å². The van der Waals surface area contributed by atoms with Crippen molar-refractivity contribution in [2.24, 2.45) is 0 Å². The molecule has 1 aliphatic heterocycles. The monoisotopic (exact) mass is 408 g/mol. The number of aromatic nitrogens is 1. The molecule has 0 radical (unpaired) electrons. The Kier molecular flexibility index (Phi) is 5.90. The van der Waals surface area contributed by atoms with Gasteiger partial charge in [-0.25, -0.2) is 4.79 Å². The molecule has 2 heterocycles. The summed E-state index contributed by atoms with van der Waals surface area (Å²) in [6.45, 7) is 9.85. The van der Waals surface area contributed by atoms with Gasteiger partial charge in [0, 0.05) is 50.5 Å². The van der Waals surface area contributed by atoms with Gasteiger partial charge in [0.1, 0.15) is 0 Å². The van der Waals surface area contributed by atoms with E-state index >= 15 is 0 Å². The van der Waals surface area contributed by atoms with Gasteiger partial charge in [0.15, 0.2) is 5.58 Å². The first-order chi connectivity index (χ1) is 14.5. The van der Waals surface area contributed by atoms with Gasteiger partial charge in [0.2, 0.25) is 5.91 Å². The maximum Gasteiger partial charge on any atom is 0.419 e. The summed E-state index contributed by atoms with van der Waals surface area (Å²) in [6, 6.07) is 13.3. The quantitative estimate of drug-likeness (QED) is 0.679. The Morgan fingerprint density at radius 1 is 1.10 bits per heavy atom. The summed E-state index contributed by atoms with van der Waals surface area (Å²) in [6.07, 6.45) is 0.198. The van der Waals surface area contributed by atoms with E-state index in [1.807, 2.05) is 30.3 Å². The minimum Gasteiger partial charge on any atom is -0.408 e. The van der Waals surface area contributed by atoms with Gasteiger partial charge in [-0.3, -0.25) is 9.36 Å². The van der Waals surface area contributed by atoms with Crippen LogP contribution in [-0.2, 0) is 11.3 Å². The number of aryl methyl sites for hydroxylation is 2. The molecular weight excluding hydrogens is 380 g/mol. The number of rotatable bonds is 6. The van der Waals surface area contributed by atoms with Gasteiger partial charge in [0.05, 0.1) is 5.52 Å². The number of carbonyl (C=O) groups excluding carboxylic acids is 1. The normalized spacial score (nSPS) is 14.9. The number of nitrogens with zero attached hydrogens (tertiary/aromatic N) is 3. The van der Waals surface area contributed by atoms with Crippen molar-refractivity contribution in [2.45, 2.75) is 26.8 Å². The molecule has 2 aromatic carbocycles. The Labute approximate surface area is 175 Å². The second-order valence-corrected chi connectivity index (χ2v) is 7.71. The third kappa shape index (κ3) is 4.26. The van der Waals surface area contributed by atoms with E-state index < -0.39 is 5.76 Å². The van der Waals surface area contributed by atoms with Crippen LogP contribution in [0.25, 0.3) is 11.1 Å². The molecule has 7 heteroatoms. The standard InChI is InChI=1S/C23H28N4O3/c1-3-25-12-14-26(15-13-25)19-9-8-18(16-17(19)2)24-22(28)10-11-27-20-6-4-5-7-21(20)30-23(27)29/h4-9,16H,3,10-15H2,1-2H3,(H,24,28). The molecule has 0 atom stereocenters. The fraction of sp³-hybridized carbons (Fsp3) is 0.391. The lowest BCUT2D eigenvalue weighted by Gasteiger charge is -2.36. The van der Waals surface area contributed by atoms with Crippen molar-refractivity contribution < 1.29 is 9.21 Å². The number of para-hydroxylation sites is 2.